The Labute approximate surface area is 150 Å². The highest BCUT2D eigenvalue weighted by Crippen LogP contribution is 2.36. The van der Waals surface area contributed by atoms with E-state index in [9.17, 15) is 19.5 Å². The predicted octanol–water partition coefficient (Wildman–Crippen LogP) is 1.87. The molecule has 0 saturated heterocycles. The van der Waals surface area contributed by atoms with Gasteiger partial charge in [0.25, 0.3) is 5.78 Å². The van der Waals surface area contributed by atoms with E-state index in [2.05, 4.69) is 9.98 Å². The van der Waals surface area contributed by atoms with E-state index in [0.717, 1.165) is 0 Å². The Morgan fingerprint density at radius 1 is 0.815 bits per heavy atom. The van der Waals surface area contributed by atoms with Gasteiger partial charge in [0.1, 0.15) is 0 Å². The van der Waals surface area contributed by atoms with Crippen LogP contribution in [0.3, 0.4) is 0 Å². The van der Waals surface area contributed by atoms with Gasteiger partial charge in [-0.2, -0.15) is 0 Å². The smallest absolute Gasteiger partial charge is 0.377 e. The maximum atomic E-state index is 12.6. The number of rotatable bonds is 3. The van der Waals surface area contributed by atoms with Gasteiger partial charge in [0.05, 0.1) is 33.2 Å². The van der Waals surface area contributed by atoms with Crippen LogP contribution in [0.2, 0.25) is 0 Å². The second-order valence-electron chi connectivity index (χ2n) is 6.25. The molecule has 6 nitrogen and oxygen atoms in total. The Kier molecular flexibility index (Phi) is 3.00. The van der Waals surface area contributed by atoms with E-state index in [1.54, 1.807) is 48.5 Å². The van der Waals surface area contributed by atoms with E-state index in [0.29, 0.717) is 49.1 Å². The molecule has 2 aliphatic heterocycles. The number of carboxylic acid groups (broad SMARTS) is 1. The molecule has 0 bridgehead atoms. The molecule has 0 amide bonds. The molecule has 0 unspecified atom stereocenters. The minimum Gasteiger partial charge on any atom is -0.475 e. The van der Waals surface area contributed by atoms with Crippen molar-refractivity contribution in [2.75, 3.05) is 0 Å². The molecular weight excluding hydrogens is 344 g/mol. The second kappa shape index (κ2) is 5.28. The first-order valence-electron chi connectivity index (χ1n) is 8.21. The lowest BCUT2D eigenvalue weighted by molar-refractivity contribution is -0.131. The van der Waals surface area contributed by atoms with Crippen LogP contribution in [-0.4, -0.2) is 23.1 Å². The molecule has 0 aromatic heterocycles. The zero-order valence-electron chi connectivity index (χ0n) is 13.8. The van der Waals surface area contributed by atoms with Crippen molar-refractivity contribution >= 4 is 29.4 Å². The standard InChI is InChI=1S/C21H10N2O4/c24-9-12-15-10-5-1-3-7-13(10)23-19(15)17(20(25)21(26)27)16-11-6-2-4-8-14(11)22-18(12)16/h1-9H,(H,26,27). The summed E-state index contributed by atoms with van der Waals surface area (Å²) in [6, 6.07) is 14.2. The third-order valence-electron chi connectivity index (χ3n) is 4.84. The van der Waals surface area contributed by atoms with Gasteiger partial charge in [-0.05, 0) is 12.1 Å². The second-order valence-corrected chi connectivity index (χ2v) is 6.25. The Morgan fingerprint density at radius 3 is 1.96 bits per heavy atom. The van der Waals surface area contributed by atoms with Gasteiger partial charge in [-0.1, -0.05) is 36.4 Å². The molecule has 128 valence electrons. The zero-order chi connectivity index (χ0) is 18.7. The highest BCUT2D eigenvalue weighted by molar-refractivity contribution is 6.41. The van der Waals surface area contributed by atoms with Crippen LogP contribution in [0.5, 0.6) is 0 Å². The summed E-state index contributed by atoms with van der Waals surface area (Å²) in [5.41, 5.74) is 0.827. The number of aliphatic carboxylic acids is 1. The van der Waals surface area contributed by atoms with Gasteiger partial charge in [-0.25, -0.2) is 14.8 Å². The van der Waals surface area contributed by atoms with Gasteiger partial charge in [-0.3, -0.25) is 9.59 Å². The normalized spacial score (nSPS) is 12.1. The molecule has 27 heavy (non-hydrogen) atoms. The molecule has 2 heterocycles. The van der Waals surface area contributed by atoms with Gasteiger partial charge in [0.15, 0.2) is 6.29 Å². The number of carbonyl (C=O) groups excluding carboxylic acids is 2. The number of hydrogen-bond donors (Lipinski definition) is 1. The molecule has 2 aliphatic rings. The third-order valence-corrected chi connectivity index (χ3v) is 4.84. The molecular formula is C21H10N2O4. The van der Waals surface area contributed by atoms with Crippen LogP contribution >= 0.6 is 0 Å². The first kappa shape index (κ1) is 15.3. The van der Waals surface area contributed by atoms with Gasteiger partial charge in [0, 0.05) is 20.9 Å². The number of Topliss-reactive ketones (excluding diaryl/α,β-unsaturated/α-hetero) is 1. The summed E-state index contributed by atoms with van der Waals surface area (Å²) in [6.45, 7) is 0. The fourth-order valence-electron chi connectivity index (χ4n) is 3.75. The van der Waals surface area contributed by atoms with Crippen LogP contribution in [0, 0.1) is 20.9 Å². The van der Waals surface area contributed by atoms with Crippen LogP contribution in [0.1, 0.15) is 20.7 Å². The number of carbonyl (C=O) groups is 3. The number of fused-ring (bicyclic) bond motifs is 4. The molecule has 3 aromatic rings. The van der Waals surface area contributed by atoms with Gasteiger partial charge >= 0.3 is 5.97 Å². The van der Waals surface area contributed by atoms with Crippen molar-refractivity contribution in [1.82, 2.24) is 0 Å². The molecule has 3 aromatic carbocycles. The van der Waals surface area contributed by atoms with E-state index in [-0.39, 0.29) is 11.3 Å². The number of para-hydroxylation sites is 2. The van der Waals surface area contributed by atoms with Crippen molar-refractivity contribution in [3.05, 3.63) is 91.2 Å². The summed E-state index contributed by atoms with van der Waals surface area (Å²) < 4.78 is 0. The van der Waals surface area contributed by atoms with Crippen LogP contribution in [0.15, 0.2) is 58.5 Å². The summed E-state index contributed by atoms with van der Waals surface area (Å²) >= 11 is 0. The SMILES string of the molecule is O=Cc1c2c(c(C(=O)C(=O)O)c3c1=c1ccccc1=N3)=c1ccccc1=N2. The molecule has 0 radical (unpaired) electrons. The van der Waals surface area contributed by atoms with Crippen molar-refractivity contribution < 1.29 is 19.5 Å². The van der Waals surface area contributed by atoms with E-state index in [1.165, 1.54) is 0 Å². The first-order valence-corrected chi connectivity index (χ1v) is 8.21. The topological polar surface area (TPSA) is 96.2 Å². The Balaban J connectivity index is 2.19. The highest BCUT2D eigenvalue weighted by atomic mass is 16.4. The monoisotopic (exact) mass is 354 g/mol. The van der Waals surface area contributed by atoms with Gasteiger partial charge < -0.3 is 5.11 Å². The summed E-state index contributed by atoms with van der Waals surface area (Å²) in [4.78, 5) is 45.2. The van der Waals surface area contributed by atoms with Crippen molar-refractivity contribution in [2.24, 2.45) is 9.98 Å². The number of aldehydes is 1. The third kappa shape index (κ3) is 1.92. The van der Waals surface area contributed by atoms with Gasteiger partial charge in [-0.15, -0.1) is 0 Å². The van der Waals surface area contributed by atoms with Crippen molar-refractivity contribution in [2.45, 2.75) is 0 Å². The fraction of sp³-hybridized carbons (Fsp3) is 0. The maximum absolute atomic E-state index is 12.6. The summed E-state index contributed by atoms with van der Waals surface area (Å²) in [7, 11) is 0. The van der Waals surface area contributed by atoms with Crippen LogP contribution in [0.4, 0.5) is 11.4 Å². The molecule has 5 rings (SSSR count). The minimum atomic E-state index is -1.58. The van der Waals surface area contributed by atoms with Gasteiger partial charge in [0.2, 0.25) is 0 Å². The predicted molar refractivity (Wildman–Crippen MR) is 93.7 cm³/mol. The number of hydrogen-bond acceptors (Lipinski definition) is 5. The lowest BCUT2D eigenvalue weighted by atomic mass is 9.97. The Bertz CT molecular complexity index is 1540. The van der Waals surface area contributed by atoms with E-state index < -0.39 is 11.8 Å². The van der Waals surface area contributed by atoms with E-state index in [4.69, 9.17) is 0 Å². The summed E-state index contributed by atoms with van der Waals surface area (Å²) in [5, 5.41) is 12.7. The molecule has 0 saturated carbocycles. The lowest BCUT2D eigenvalue weighted by Gasteiger charge is -2.07. The Morgan fingerprint density at radius 2 is 1.37 bits per heavy atom. The summed E-state index contributed by atoms with van der Waals surface area (Å²) in [5.74, 6) is -2.64. The Hall–Kier alpha value is -3.93. The van der Waals surface area contributed by atoms with Crippen LogP contribution < -0.4 is 10.7 Å². The molecule has 0 spiro atoms. The minimum absolute atomic E-state index is 0.0250. The number of nitrogens with zero attached hydrogens (tertiary/aromatic N) is 2. The molecule has 0 aliphatic carbocycles. The van der Waals surface area contributed by atoms with Crippen LogP contribution in [0.25, 0.3) is 0 Å². The van der Waals surface area contributed by atoms with Crippen LogP contribution in [-0.2, 0) is 4.79 Å². The van der Waals surface area contributed by atoms with Crippen molar-refractivity contribution in [1.29, 1.82) is 0 Å². The number of ketones is 1. The highest BCUT2D eigenvalue weighted by Gasteiger charge is 2.29. The number of benzene rings is 3. The molecule has 6 heteroatoms. The average molecular weight is 354 g/mol. The maximum Gasteiger partial charge on any atom is 0.377 e. The molecule has 0 fully saturated rings. The molecule has 0 atom stereocenters. The largest absolute Gasteiger partial charge is 0.475 e. The molecule has 1 N–H and O–H groups in total. The lowest BCUT2D eigenvalue weighted by Crippen LogP contribution is -2.14. The van der Waals surface area contributed by atoms with Crippen molar-refractivity contribution in [3.63, 3.8) is 0 Å². The number of carboxylic acids is 1. The summed E-state index contributed by atoms with van der Waals surface area (Å²) in [6.07, 6.45) is 0.694. The first-order chi connectivity index (χ1) is 13.1. The van der Waals surface area contributed by atoms with E-state index >= 15 is 0 Å². The average Bonchev–Trinajstić information content (AvgIpc) is 3.24. The van der Waals surface area contributed by atoms with Crippen molar-refractivity contribution in [3.8, 4) is 0 Å². The zero-order valence-corrected chi connectivity index (χ0v) is 13.8. The fourth-order valence-corrected chi connectivity index (χ4v) is 3.75. The van der Waals surface area contributed by atoms with E-state index in [1.807, 2.05) is 0 Å². The quantitative estimate of drug-likeness (QED) is 0.304.